The molecule has 120 valence electrons. The molecule has 5 heteroatoms. The summed E-state index contributed by atoms with van der Waals surface area (Å²) in [4.78, 5) is 2.01. The predicted molar refractivity (Wildman–Crippen MR) is 79.8 cm³/mol. The molecule has 0 aromatic heterocycles. The molecular formula is C16H24F3NO. The number of methoxy groups -OCH3 is 1. The van der Waals surface area contributed by atoms with E-state index in [2.05, 4.69) is 0 Å². The van der Waals surface area contributed by atoms with Crippen LogP contribution in [0.4, 0.5) is 18.9 Å². The Balaban J connectivity index is 0.00000106. The number of aryl methyl sites for hydroxylation is 1. The van der Waals surface area contributed by atoms with Crippen molar-refractivity contribution in [2.45, 2.75) is 45.8 Å². The maximum absolute atomic E-state index is 12.9. The fourth-order valence-corrected chi connectivity index (χ4v) is 2.64. The second-order valence-corrected chi connectivity index (χ2v) is 4.94. The van der Waals surface area contributed by atoms with Crippen molar-refractivity contribution in [1.29, 1.82) is 0 Å². The normalized spacial score (nSPS) is 18.4. The van der Waals surface area contributed by atoms with E-state index in [0.717, 1.165) is 19.4 Å². The van der Waals surface area contributed by atoms with E-state index in [1.165, 1.54) is 13.0 Å². The summed E-state index contributed by atoms with van der Waals surface area (Å²) in [7, 11) is 1.62. The molecule has 21 heavy (non-hydrogen) atoms. The highest BCUT2D eigenvalue weighted by Gasteiger charge is 2.34. The van der Waals surface area contributed by atoms with Crippen LogP contribution < -0.4 is 4.90 Å². The number of halogens is 3. The zero-order valence-electron chi connectivity index (χ0n) is 13.1. The lowest BCUT2D eigenvalue weighted by atomic mass is 10.1. The Morgan fingerprint density at radius 1 is 1.29 bits per heavy atom. The van der Waals surface area contributed by atoms with Crippen molar-refractivity contribution in [2.24, 2.45) is 0 Å². The van der Waals surface area contributed by atoms with Crippen molar-refractivity contribution in [3.63, 3.8) is 0 Å². The Labute approximate surface area is 124 Å². The third-order valence-electron chi connectivity index (χ3n) is 3.59. The quantitative estimate of drug-likeness (QED) is 0.805. The van der Waals surface area contributed by atoms with Crippen molar-refractivity contribution in [3.8, 4) is 0 Å². The lowest BCUT2D eigenvalue weighted by molar-refractivity contribution is -0.138. The number of nitrogens with zero attached hydrogens (tertiary/aromatic N) is 1. The number of benzene rings is 1. The van der Waals surface area contributed by atoms with Gasteiger partial charge in [0, 0.05) is 19.3 Å². The van der Waals surface area contributed by atoms with E-state index in [4.69, 9.17) is 4.74 Å². The first-order valence-electron chi connectivity index (χ1n) is 7.37. The first kappa shape index (κ1) is 17.8. The van der Waals surface area contributed by atoms with Gasteiger partial charge in [0.05, 0.1) is 18.2 Å². The van der Waals surface area contributed by atoms with Gasteiger partial charge >= 0.3 is 6.18 Å². The van der Waals surface area contributed by atoms with E-state index in [0.29, 0.717) is 12.3 Å². The molecule has 0 aliphatic carbocycles. The molecule has 0 N–H and O–H groups in total. The molecule has 2 rings (SSSR count). The van der Waals surface area contributed by atoms with Crippen molar-refractivity contribution in [3.05, 3.63) is 29.3 Å². The number of rotatable bonds is 3. The summed E-state index contributed by atoms with van der Waals surface area (Å²) in [5.74, 6) is 0. The van der Waals surface area contributed by atoms with E-state index in [1.54, 1.807) is 19.2 Å². The van der Waals surface area contributed by atoms with Gasteiger partial charge in [-0.1, -0.05) is 19.9 Å². The number of alkyl halides is 3. The monoisotopic (exact) mass is 303 g/mol. The second-order valence-electron chi connectivity index (χ2n) is 4.94. The summed E-state index contributed by atoms with van der Waals surface area (Å²) in [6.45, 7) is 6.83. The molecule has 1 heterocycles. The highest BCUT2D eigenvalue weighted by atomic mass is 19.4. The average molecular weight is 303 g/mol. The summed E-state index contributed by atoms with van der Waals surface area (Å²) in [5, 5.41) is 0. The number of ether oxygens (including phenoxy) is 1. The van der Waals surface area contributed by atoms with Crippen molar-refractivity contribution >= 4 is 5.69 Å². The van der Waals surface area contributed by atoms with Crippen LogP contribution in [0.5, 0.6) is 0 Å². The molecule has 1 aliphatic heterocycles. The van der Waals surface area contributed by atoms with E-state index in [9.17, 15) is 13.2 Å². The molecular weight excluding hydrogens is 279 g/mol. The third-order valence-corrected chi connectivity index (χ3v) is 3.59. The molecule has 0 bridgehead atoms. The Morgan fingerprint density at radius 3 is 2.52 bits per heavy atom. The molecule has 1 atom stereocenters. The summed E-state index contributed by atoms with van der Waals surface area (Å²) in [6, 6.07) is 4.73. The van der Waals surface area contributed by atoms with Gasteiger partial charge in [0.1, 0.15) is 0 Å². The van der Waals surface area contributed by atoms with E-state index in [-0.39, 0.29) is 11.6 Å². The summed E-state index contributed by atoms with van der Waals surface area (Å²) >= 11 is 0. The van der Waals surface area contributed by atoms with Gasteiger partial charge in [-0.15, -0.1) is 0 Å². The van der Waals surface area contributed by atoms with Crippen LogP contribution in [-0.2, 0) is 10.9 Å². The maximum atomic E-state index is 12.9. The number of hydrogen-bond donors (Lipinski definition) is 0. The van der Waals surface area contributed by atoms with Crippen molar-refractivity contribution in [2.75, 3.05) is 25.2 Å². The van der Waals surface area contributed by atoms with Gasteiger partial charge in [-0.25, -0.2) is 0 Å². The van der Waals surface area contributed by atoms with Crippen LogP contribution in [0.3, 0.4) is 0 Å². The summed E-state index contributed by atoms with van der Waals surface area (Å²) < 4.78 is 43.9. The van der Waals surface area contributed by atoms with Gasteiger partial charge in [0.25, 0.3) is 0 Å². The zero-order chi connectivity index (χ0) is 16.0. The second kappa shape index (κ2) is 7.69. The van der Waals surface area contributed by atoms with Crippen LogP contribution in [0.2, 0.25) is 0 Å². The smallest absolute Gasteiger partial charge is 0.383 e. The van der Waals surface area contributed by atoms with Crippen LogP contribution in [0, 0.1) is 6.92 Å². The van der Waals surface area contributed by atoms with Gasteiger partial charge in [-0.3, -0.25) is 0 Å². The number of anilines is 1. The molecule has 1 aliphatic rings. The number of hydrogen-bond acceptors (Lipinski definition) is 2. The Kier molecular flexibility index (Phi) is 6.52. The SMILES string of the molecule is CC.COCC1CCCN1c1ccc(C)c(C(F)(F)F)c1. The maximum Gasteiger partial charge on any atom is 0.416 e. The van der Waals surface area contributed by atoms with Gasteiger partial charge in [-0.05, 0) is 37.5 Å². The molecule has 1 aromatic rings. The lowest BCUT2D eigenvalue weighted by Gasteiger charge is -2.27. The largest absolute Gasteiger partial charge is 0.416 e. The molecule has 0 spiro atoms. The Hall–Kier alpha value is -1.23. The van der Waals surface area contributed by atoms with Crippen LogP contribution >= 0.6 is 0 Å². The van der Waals surface area contributed by atoms with Gasteiger partial charge in [0.2, 0.25) is 0 Å². The fraction of sp³-hybridized carbons (Fsp3) is 0.625. The van der Waals surface area contributed by atoms with Crippen LogP contribution in [0.1, 0.15) is 37.8 Å². The standard InChI is InChI=1S/C14H18F3NO.C2H6/c1-10-5-6-11(8-13(10)14(15,16)17)18-7-3-4-12(18)9-19-2;1-2/h5-6,8,12H,3-4,7,9H2,1-2H3;1-2H3. The van der Waals surface area contributed by atoms with Crippen molar-refractivity contribution < 1.29 is 17.9 Å². The molecule has 0 amide bonds. The summed E-state index contributed by atoms with van der Waals surface area (Å²) in [6.07, 6.45) is -2.34. The molecule has 0 radical (unpaired) electrons. The minimum atomic E-state index is -4.30. The van der Waals surface area contributed by atoms with Crippen LogP contribution in [0.25, 0.3) is 0 Å². The minimum absolute atomic E-state index is 0.175. The topological polar surface area (TPSA) is 12.5 Å². The molecule has 0 saturated carbocycles. The molecule has 1 unspecified atom stereocenters. The minimum Gasteiger partial charge on any atom is -0.383 e. The lowest BCUT2D eigenvalue weighted by Crippen LogP contribution is -2.33. The van der Waals surface area contributed by atoms with Crippen LogP contribution in [-0.4, -0.2) is 26.3 Å². The highest BCUT2D eigenvalue weighted by molar-refractivity contribution is 5.53. The third kappa shape index (κ3) is 4.37. The van der Waals surface area contributed by atoms with Crippen molar-refractivity contribution in [1.82, 2.24) is 0 Å². The fourth-order valence-electron chi connectivity index (χ4n) is 2.64. The molecule has 1 saturated heterocycles. The van der Waals surface area contributed by atoms with Crippen LogP contribution in [0.15, 0.2) is 18.2 Å². The van der Waals surface area contributed by atoms with E-state index in [1.807, 2.05) is 18.7 Å². The summed E-state index contributed by atoms with van der Waals surface area (Å²) in [5.41, 5.74) is 0.351. The molecule has 1 aromatic carbocycles. The highest BCUT2D eigenvalue weighted by Crippen LogP contribution is 2.35. The van der Waals surface area contributed by atoms with Gasteiger partial charge in [0.15, 0.2) is 0 Å². The first-order valence-corrected chi connectivity index (χ1v) is 7.37. The van der Waals surface area contributed by atoms with E-state index < -0.39 is 11.7 Å². The first-order chi connectivity index (χ1) is 9.93. The van der Waals surface area contributed by atoms with E-state index >= 15 is 0 Å². The van der Waals surface area contributed by atoms with Gasteiger partial charge in [-0.2, -0.15) is 13.2 Å². The Morgan fingerprint density at radius 2 is 1.95 bits per heavy atom. The Bertz CT molecular complexity index is 446. The molecule has 1 fully saturated rings. The zero-order valence-corrected chi connectivity index (χ0v) is 13.1. The predicted octanol–water partition coefficient (Wildman–Crippen LogP) is 4.66. The molecule has 2 nitrogen and oxygen atoms in total. The van der Waals surface area contributed by atoms with Gasteiger partial charge < -0.3 is 9.64 Å². The average Bonchev–Trinajstić information content (AvgIpc) is 2.89.